The predicted octanol–water partition coefficient (Wildman–Crippen LogP) is 5.76. The Morgan fingerprint density at radius 1 is 1.14 bits per heavy atom. The second kappa shape index (κ2) is 11.1. The van der Waals surface area contributed by atoms with Crippen molar-refractivity contribution in [1.29, 1.82) is 0 Å². The lowest BCUT2D eigenvalue weighted by molar-refractivity contribution is 0.0589. The van der Waals surface area contributed by atoms with Gasteiger partial charge in [-0.15, -0.1) is 0 Å². The van der Waals surface area contributed by atoms with Gasteiger partial charge >= 0.3 is 5.97 Å². The number of benzene rings is 1. The van der Waals surface area contributed by atoms with Gasteiger partial charge in [-0.1, -0.05) is 44.2 Å². The number of carbonyl (C=O) groups is 2. The molecule has 3 aromatic heterocycles. The molecule has 188 valence electrons. The van der Waals surface area contributed by atoms with Crippen LogP contribution in [0.1, 0.15) is 53.6 Å². The summed E-state index contributed by atoms with van der Waals surface area (Å²) >= 11 is 0. The molecule has 4 aromatic rings. The van der Waals surface area contributed by atoms with E-state index in [0.717, 1.165) is 18.5 Å². The normalized spacial score (nSPS) is 12.0. The van der Waals surface area contributed by atoms with Crippen LogP contribution in [0, 0.1) is 5.92 Å². The molecule has 0 saturated heterocycles. The van der Waals surface area contributed by atoms with Gasteiger partial charge in [-0.05, 0) is 43.4 Å². The van der Waals surface area contributed by atoms with Crippen LogP contribution in [-0.4, -0.2) is 34.6 Å². The van der Waals surface area contributed by atoms with Crippen molar-refractivity contribution in [3.05, 3.63) is 78.0 Å². The van der Waals surface area contributed by atoms with Crippen LogP contribution in [0.4, 0.5) is 11.4 Å². The molecule has 1 aromatic carbocycles. The Morgan fingerprint density at radius 3 is 2.58 bits per heavy atom. The highest BCUT2D eigenvalue weighted by Gasteiger charge is 2.27. The van der Waals surface area contributed by atoms with Gasteiger partial charge in [0.15, 0.2) is 5.69 Å². The summed E-state index contributed by atoms with van der Waals surface area (Å²) in [5.41, 5.74) is 3.69. The Bertz CT molecular complexity index is 1330. The van der Waals surface area contributed by atoms with E-state index in [0.29, 0.717) is 28.8 Å². The van der Waals surface area contributed by atoms with E-state index in [4.69, 9.17) is 14.1 Å². The van der Waals surface area contributed by atoms with E-state index in [-0.39, 0.29) is 23.6 Å². The minimum absolute atomic E-state index is 0.186. The first-order valence-corrected chi connectivity index (χ1v) is 12.1. The number of nitrogens with zero attached hydrogens (tertiary/aromatic N) is 2. The first kappa shape index (κ1) is 25.0. The van der Waals surface area contributed by atoms with Crippen molar-refractivity contribution < 1.29 is 18.7 Å². The van der Waals surface area contributed by atoms with Gasteiger partial charge in [-0.25, -0.2) is 9.78 Å². The number of nitrogens with one attached hydrogen (secondary N) is 2. The summed E-state index contributed by atoms with van der Waals surface area (Å²) in [6, 6.07) is 14.0. The molecule has 0 radical (unpaired) electrons. The van der Waals surface area contributed by atoms with Crippen molar-refractivity contribution in [3.8, 4) is 0 Å². The third-order valence-corrected chi connectivity index (χ3v) is 5.97. The molecule has 0 aliphatic rings. The van der Waals surface area contributed by atoms with E-state index in [1.54, 1.807) is 12.3 Å². The van der Waals surface area contributed by atoms with Crippen molar-refractivity contribution in [2.75, 3.05) is 17.7 Å². The summed E-state index contributed by atoms with van der Waals surface area (Å²) in [6.07, 6.45) is 6.45. The summed E-state index contributed by atoms with van der Waals surface area (Å²) < 4.78 is 12.0. The van der Waals surface area contributed by atoms with Gasteiger partial charge in [-0.3, -0.25) is 4.79 Å². The van der Waals surface area contributed by atoms with E-state index >= 15 is 0 Å². The Morgan fingerprint density at radius 2 is 1.92 bits per heavy atom. The highest BCUT2D eigenvalue weighted by atomic mass is 16.5. The van der Waals surface area contributed by atoms with Crippen LogP contribution in [0.25, 0.3) is 11.0 Å². The zero-order valence-corrected chi connectivity index (χ0v) is 21.1. The first-order chi connectivity index (χ1) is 17.4. The predicted molar refractivity (Wildman–Crippen MR) is 140 cm³/mol. The van der Waals surface area contributed by atoms with Crippen molar-refractivity contribution >= 4 is 34.3 Å². The van der Waals surface area contributed by atoms with Crippen molar-refractivity contribution in [2.24, 2.45) is 5.92 Å². The van der Waals surface area contributed by atoms with E-state index in [1.807, 2.05) is 28.8 Å². The molecule has 0 bridgehead atoms. The maximum Gasteiger partial charge on any atom is 0.356 e. The largest absolute Gasteiger partial charge is 0.472 e. The standard InChI is InChI=1S/C28H32N4O4/c1-18(2)16-32-25(28(34)35-4)24(31-27(33)21-12-13-36-17-21)23-14-22(15-29-26(23)32)30-19(3)10-11-20-8-6-5-7-9-20/h5-9,12-15,17-19,30H,10-11,16H2,1-4H3,(H,31,33)/t19-/m0/s1. The number of anilines is 2. The second-order valence-corrected chi connectivity index (χ2v) is 9.35. The molecule has 8 heteroatoms. The molecule has 0 unspecified atom stereocenters. The van der Waals surface area contributed by atoms with Crippen LogP contribution in [0.15, 0.2) is 65.6 Å². The highest BCUT2D eigenvalue weighted by Crippen LogP contribution is 2.34. The van der Waals surface area contributed by atoms with Gasteiger partial charge in [0.25, 0.3) is 5.91 Å². The Kier molecular flexibility index (Phi) is 7.73. The monoisotopic (exact) mass is 488 g/mol. The van der Waals surface area contributed by atoms with Gasteiger partial charge in [0.2, 0.25) is 0 Å². The highest BCUT2D eigenvalue weighted by molar-refractivity contribution is 6.14. The lowest BCUT2D eigenvalue weighted by Crippen LogP contribution is -2.18. The molecule has 0 aliphatic carbocycles. The van der Waals surface area contributed by atoms with Crippen LogP contribution in [0.3, 0.4) is 0 Å². The van der Waals surface area contributed by atoms with E-state index in [1.165, 1.54) is 25.2 Å². The van der Waals surface area contributed by atoms with Crippen LogP contribution in [-0.2, 0) is 17.7 Å². The zero-order valence-electron chi connectivity index (χ0n) is 21.1. The molecule has 0 fully saturated rings. The lowest BCUT2D eigenvalue weighted by atomic mass is 10.1. The molecule has 36 heavy (non-hydrogen) atoms. The number of esters is 1. The SMILES string of the molecule is COC(=O)c1c(NC(=O)c2ccoc2)c2cc(N[C@@H](C)CCc3ccccc3)cnc2n1CC(C)C. The van der Waals surface area contributed by atoms with Crippen LogP contribution in [0.2, 0.25) is 0 Å². The molecule has 4 rings (SSSR count). The molecule has 0 spiro atoms. The summed E-state index contributed by atoms with van der Waals surface area (Å²) in [7, 11) is 1.33. The van der Waals surface area contributed by atoms with Crippen LogP contribution in [0.5, 0.6) is 0 Å². The fourth-order valence-electron chi connectivity index (χ4n) is 4.25. The molecule has 3 heterocycles. The summed E-state index contributed by atoms with van der Waals surface area (Å²) in [4.78, 5) is 30.5. The number of pyridine rings is 1. The summed E-state index contributed by atoms with van der Waals surface area (Å²) in [5.74, 6) is -0.687. The average Bonchev–Trinajstić information content (AvgIpc) is 3.50. The van der Waals surface area contributed by atoms with E-state index in [2.05, 4.69) is 43.5 Å². The molecule has 2 N–H and O–H groups in total. The minimum atomic E-state index is -0.540. The number of furan rings is 1. The van der Waals surface area contributed by atoms with Gasteiger partial charge in [-0.2, -0.15) is 0 Å². The van der Waals surface area contributed by atoms with Crippen molar-refractivity contribution in [2.45, 2.75) is 46.2 Å². The molecule has 8 nitrogen and oxygen atoms in total. The number of amides is 1. The van der Waals surface area contributed by atoms with Gasteiger partial charge < -0.3 is 24.4 Å². The number of methoxy groups -OCH3 is 1. The fourth-order valence-corrected chi connectivity index (χ4v) is 4.25. The Labute approximate surface area is 210 Å². The quantitative estimate of drug-likeness (QED) is 0.276. The number of hydrogen-bond donors (Lipinski definition) is 2. The molecule has 0 saturated carbocycles. The Hall–Kier alpha value is -4.07. The number of ether oxygens (including phenoxy) is 1. The van der Waals surface area contributed by atoms with E-state index < -0.39 is 5.97 Å². The third-order valence-electron chi connectivity index (χ3n) is 5.97. The smallest absolute Gasteiger partial charge is 0.356 e. The molecular formula is C28H32N4O4. The molecule has 1 atom stereocenters. The average molecular weight is 489 g/mol. The van der Waals surface area contributed by atoms with Crippen molar-refractivity contribution in [1.82, 2.24) is 9.55 Å². The molecule has 0 aliphatic heterocycles. The topological polar surface area (TPSA) is 98.4 Å². The van der Waals surface area contributed by atoms with Crippen molar-refractivity contribution in [3.63, 3.8) is 0 Å². The lowest BCUT2D eigenvalue weighted by Gasteiger charge is -2.15. The number of fused-ring (bicyclic) bond motifs is 1. The van der Waals surface area contributed by atoms with Crippen LogP contribution < -0.4 is 10.6 Å². The maximum absolute atomic E-state index is 12.9. The Balaban J connectivity index is 1.69. The summed E-state index contributed by atoms with van der Waals surface area (Å²) in [6.45, 7) is 6.77. The zero-order chi connectivity index (χ0) is 25.7. The number of carbonyl (C=O) groups excluding carboxylic acids is 2. The minimum Gasteiger partial charge on any atom is -0.472 e. The van der Waals surface area contributed by atoms with Crippen LogP contribution >= 0.6 is 0 Å². The second-order valence-electron chi connectivity index (χ2n) is 9.35. The fraction of sp³-hybridized carbons (Fsp3) is 0.321. The maximum atomic E-state index is 12.9. The molecular weight excluding hydrogens is 456 g/mol. The number of aryl methyl sites for hydroxylation is 1. The summed E-state index contributed by atoms with van der Waals surface area (Å²) in [5, 5.41) is 7.07. The first-order valence-electron chi connectivity index (χ1n) is 12.1. The van der Waals surface area contributed by atoms with E-state index in [9.17, 15) is 9.59 Å². The number of hydrogen-bond acceptors (Lipinski definition) is 6. The number of rotatable bonds is 10. The number of aromatic nitrogens is 2. The van der Waals surface area contributed by atoms with Gasteiger partial charge in [0, 0.05) is 18.0 Å². The third kappa shape index (κ3) is 5.59. The van der Waals surface area contributed by atoms with Gasteiger partial charge in [0.1, 0.15) is 11.9 Å². The van der Waals surface area contributed by atoms with Gasteiger partial charge in [0.05, 0.1) is 36.5 Å². The molecule has 1 amide bonds.